The van der Waals surface area contributed by atoms with E-state index in [0.717, 1.165) is 31.2 Å². The van der Waals surface area contributed by atoms with E-state index in [0.29, 0.717) is 30.8 Å². The van der Waals surface area contributed by atoms with Gasteiger partial charge in [0.25, 0.3) is 5.91 Å². The number of carbonyl (C=O) groups excluding carboxylic acids is 1. The lowest BCUT2D eigenvalue weighted by atomic mass is 10.1. The lowest BCUT2D eigenvalue weighted by Gasteiger charge is -2.21. The van der Waals surface area contributed by atoms with Gasteiger partial charge in [-0.25, -0.2) is 8.42 Å². The van der Waals surface area contributed by atoms with Gasteiger partial charge in [0.2, 0.25) is 10.0 Å². The van der Waals surface area contributed by atoms with E-state index >= 15 is 0 Å². The van der Waals surface area contributed by atoms with Gasteiger partial charge in [-0.1, -0.05) is 18.9 Å². The van der Waals surface area contributed by atoms with Crippen LogP contribution in [0.2, 0.25) is 0 Å². The summed E-state index contributed by atoms with van der Waals surface area (Å²) in [5.74, 6) is -0.292. The largest absolute Gasteiger partial charge is 0.348 e. The molecule has 27 heavy (non-hydrogen) atoms. The van der Waals surface area contributed by atoms with Gasteiger partial charge in [-0.3, -0.25) is 9.78 Å². The molecule has 0 spiro atoms. The Morgan fingerprint density at radius 1 is 1.07 bits per heavy atom. The highest BCUT2D eigenvalue weighted by Gasteiger charge is 2.27. The quantitative estimate of drug-likeness (QED) is 0.856. The van der Waals surface area contributed by atoms with E-state index < -0.39 is 10.0 Å². The Hall–Kier alpha value is -2.25. The molecule has 1 saturated heterocycles. The zero-order valence-corrected chi connectivity index (χ0v) is 16.3. The molecule has 0 saturated carbocycles. The molecule has 2 aromatic rings. The van der Waals surface area contributed by atoms with Crippen molar-refractivity contribution in [2.45, 2.75) is 44.0 Å². The summed E-state index contributed by atoms with van der Waals surface area (Å²) in [4.78, 5) is 16.7. The summed E-state index contributed by atoms with van der Waals surface area (Å²) >= 11 is 0. The molecule has 1 aromatic carbocycles. The van der Waals surface area contributed by atoms with Gasteiger partial charge in [0.15, 0.2) is 0 Å². The van der Waals surface area contributed by atoms with Crippen molar-refractivity contribution in [3.8, 4) is 0 Å². The Labute approximate surface area is 160 Å². The molecule has 0 radical (unpaired) electrons. The summed E-state index contributed by atoms with van der Waals surface area (Å²) in [6.07, 6.45) is 7.21. The molecule has 1 fully saturated rings. The number of benzene rings is 1. The molecule has 1 aliphatic rings. The predicted molar refractivity (Wildman–Crippen MR) is 104 cm³/mol. The van der Waals surface area contributed by atoms with Gasteiger partial charge in [0.05, 0.1) is 4.90 Å². The Morgan fingerprint density at radius 2 is 1.74 bits per heavy atom. The van der Waals surface area contributed by atoms with Gasteiger partial charge in [0.1, 0.15) is 0 Å². The Balaban J connectivity index is 1.80. The van der Waals surface area contributed by atoms with Crippen LogP contribution in [0.25, 0.3) is 0 Å². The second-order valence-corrected chi connectivity index (χ2v) is 8.74. The first-order valence-corrected chi connectivity index (χ1v) is 10.7. The average Bonchev–Trinajstić information content (AvgIpc) is 2.97. The number of sulfonamides is 1. The molecule has 1 aromatic heterocycles. The maximum Gasteiger partial charge on any atom is 0.251 e. The summed E-state index contributed by atoms with van der Waals surface area (Å²) in [6, 6.07) is 8.51. The van der Waals surface area contributed by atoms with Gasteiger partial charge in [-0.05, 0) is 55.2 Å². The molecule has 2 heterocycles. The second-order valence-electron chi connectivity index (χ2n) is 6.84. The molecule has 6 nitrogen and oxygen atoms in total. The molecule has 1 amide bonds. The minimum absolute atomic E-state index is 0.223. The third-order valence-corrected chi connectivity index (χ3v) is 6.88. The van der Waals surface area contributed by atoms with Crippen LogP contribution in [0.3, 0.4) is 0 Å². The van der Waals surface area contributed by atoms with E-state index in [1.165, 1.54) is 6.07 Å². The maximum atomic E-state index is 13.1. The Bertz CT molecular complexity index is 890. The highest BCUT2D eigenvalue weighted by Crippen LogP contribution is 2.24. The number of aromatic nitrogens is 1. The Kier molecular flexibility index (Phi) is 6.23. The van der Waals surface area contributed by atoms with Crippen LogP contribution in [-0.4, -0.2) is 36.7 Å². The first-order valence-electron chi connectivity index (χ1n) is 9.26. The third-order valence-electron chi connectivity index (χ3n) is 4.84. The smallest absolute Gasteiger partial charge is 0.251 e. The SMILES string of the molecule is Cc1ccc(C(=O)NCc2ccncc2)cc1S(=O)(=O)N1CCCCCC1. The maximum absolute atomic E-state index is 13.1. The van der Waals surface area contributed by atoms with Crippen molar-refractivity contribution in [1.29, 1.82) is 0 Å². The van der Waals surface area contributed by atoms with Gasteiger partial charge >= 0.3 is 0 Å². The minimum Gasteiger partial charge on any atom is -0.348 e. The molecule has 0 bridgehead atoms. The molecule has 144 valence electrons. The van der Waals surface area contributed by atoms with Gasteiger partial charge in [-0.2, -0.15) is 4.31 Å². The number of hydrogen-bond acceptors (Lipinski definition) is 4. The molecule has 1 aliphatic heterocycles. The summed E-state index contributed by atoms with van der Waals surface area (Å²) in [5.41, 5.74) is 1.94. The van der Waals surface area contributed by atoms with Gasteiger partial charge in [0, 0.05) is 37.6 Å². The molecular weight excluding hydrogens is 362 g/mol. The van der Waals surface area contributed by atoms with Crippen LogP contribution in [0.15, 0.2) is 47.6 Å². The first kappa shape index (κ1) is 19.5. The molecule has 7 heteroatoms. The number of aryl methyl sites for hydroxylation is 1. The van der Waals surface area contributed by atoms with Crippen molar-refractivity contribution >= 4 is 15.9 Å². The van der Waals surface area contributed by atoms with E-state index in [2.05, 4.69) is 10.3 Å². The van der Waals surface area contributed by atoms with E-state index in [1.807, 2.05) is 12.1 Å². The number of nitrogens with zero attached hydrogens (tertiary/aromatic N) is 2. The van der Waals surface area contributed by atoms with E-state index in [9.17, 15) is 13.2 Å². The summed E-state index contributed by atoms with van der Waals surface area (Å²) < 4.78 is 27.8. The number of hydrogen-bond donors (Lipinski definition) is 1. The second kappa shape index (κ2) is 8.63. The number of carbonyl (C=O) groups is 1. The van der Waals surface area contributed by atoms with Crippen molar-refractivity contribution < 1.29 is 13.2 Å². The van der Waals surface area contributed by atoms with Crippen LogP contribution >= 0.6 is 0 Å². The molecule has 0 aliphatic carbocycles. The zero-order valence-electron chi connectivity index (χ0n) is 15.5. The van der Waals surface area contributed by atoms with Crippen molar-refractivity contribution in [1.82, 2.24) is 14.6 Å². The topological polar surface area (TPSA) is 79.4 Å². The van der Waals surface area contributed by atoms with Crippen LogP contribution in [0.4, 0.5) is 0 Å². The lowest BCUT2D eigenvalue weighted by molar-refractivity contribution is 0.0950. The van der Waals surface area contributed by atoms with Crippen LogP contribution < -0.4 is 5.32 Å². The fraction of sp³-hybridized carbons (Fsp3) is 0.400. The third kappa shape index (κ3) is 4.73. The molecule has 0 atom stereocenters. The molecule has 3 rings (SSSR count). The molecular formula is C20H25N3O3S. The van der Waals surface area contributed by atoms with Crippen LogP contribution in [-0.2, 0) is 16.6 Å². The number of nitrogens with one attached hydrogen (secondary N) is 1. The number of pyridine rings is 1. The van der Waals surface area contributed by atoms with Crippen LogP contribution in [0, 0.1) is 6.92 Å². The van der Waals surface area contributed by atoms with Gasteiger partial charge in [-0.15, -0.1) is 0 Å². The van der Waals surface area contributed by atoms with Crippen molar-refractivity contribution in [2.24, 2.45) is 0 Å². The van der Waals surface area contributed by atoms with Crippen molar-refractivity contribution in [3.63, 3.8) is 0 Å². The fourth-order valence-corrected chi connectivity index (χ4v) is 4.99. The standard InChI is InChI=1S/C20H25N3O3S/c1-16-6-7-18(20(24)22-15-17-8-10-21-11-9-17)14-19(16)27(25,26)23-12-4-2-3-5-13-23/h6-11,14H,2-5,12-13,15H2,1H3,(H,22,24). The highest BCUT2D eigenvalue weighted by molar-refractivity contribution is 7.89. The van der Waals surface area contributed by atoms with Crippen LogP contribution in [0.5, 0.6) is 0 Å². The van der Waals surface area contributed by atoms with Gasteiger partial charge < -0.3 is 5.32 Å². The number of amides is 1. The number of rotatable bonds is 5. The van der Waals surface area contributed by atoms with E-state index in [4.69, 9.17) is 0 Å². The molecule has 0 unspecified atom stereocenters. The van der Waals surface area contributed by atoms with Crippen LogP contribution in [0.1, 0.15) is 47.2 Å². The normalized spacial score (nSPS) is 15.9. The summed E-state index contributed by atoms with van der Waals surface area (Å²) in [5, 5.41) is 2.83. The van der Waals surface area contributed by atoms with E-state index in [1.54, 1.807) is 35.8 Å². The minimum atomic E-state index is -3.59. The monoisotopic (exact) mass is 387 g/mol. The first-order chi connectivity index (χ1) is 13.0. The van der Waals surface area contributed by atoms with Crippen molar-refractivity contribution in [2.75, 3.05) is 13.1 Å². The Morgan fingerprint density at radius 3 is 2.41 bits per heavy atom. The fourth-order valence-electron chi connectivity index (χ4n) is 3.23. The summed E-state index contributed by atoms with van der Waals surface area (Å²) in [7, 11) is -3.59. The zero-order chi connectivity index (χ0) is 19.3. The lowest BCUT2D eigenvalue weighted by Crippen LogP contribution is -2.32. The van der Waals surface area contributed by atoms with Crippen molar-refractivity contribution in [3.05, 3.63) is 59.4 Å². The summed E-state index contributed by atoms with van der Waals surface area (Å²) in [6.45, 7) is 3.22. The predicted octanol–water partition coefficient (Wildman–Crippen LogP) is 2.88. The average molecular weight is 388 g/mol. The molecule has 1 N–H and O–H groups in total. The van der Waals surface area contributed by atoms with E-state index in [-0.39, 0.29) is 10.8 Å². The highest BCUT2D eigenvalue weighted by atomic mass is 32.2.